The smallest absolute Gasteiger partial charge is 0.356 e. The van der Waals surface area contributed by atoms with E-state index in [0.29, 0.717) is 17.7 Å². The second kappa shape index (κ2) is 8.26. The number of aryl methyl sites for hydroxylation is 1. The molecule has 0 unspecified atom stereocenters. The third-order valence-corrected chi connectivity index (χ3v) is 4.43. The van der Waals surface area contributed by atoms with Crippen LogP contribution in [0.4, 0.5) is 8.78 Å². The summed E-state index contributed by atoms with van der Waals surface area (Å²) in [6, 6.07) is 9.91. The van der Waals surface area contributed by atoms with Crippen molar-refractivity contribution >= 4 is 22.7 Å². The van der Waals surface area contributed by atoms with Gasteiger partial charge in [-0.15, -0.1) is 0 Å². The molecule has 2 heterocycles. The maximum Gasteiger partial charge on any atom is 0.356 e. The molecule has 2 aromatic heterocycles. The van der Waals surface area contributed by atoms with E-state index >= 15 is 0 Å². The van der Waals surface area contributed by atoms with Crippen LogP contribution in [0.5, 0.6) is 5.75 Å². The van der Waals surface area contributed by atoms with Crippen LogP contribution in [0.3, 0.4) is 0 Å². The standard InChI is InChI=1S/C20H18F2N2O5/c1-2-12-8-13-16(18(29-10-15(21)22)17(23-13)20(27)28)19(26)24(12)9-14(25)11-6-4-3-5-7-11/h3-8,15,23H,2,9-10H2,1H3,(H,27,28). The van der Waals surface area contributed by atoms with E-state index in [-0.39, 0.29) is 23.2 Å². The Hall–Kier alpha value is -3.49. The van der Waals surface area contributed by atoms with Crippen LogP contribution in [-0.2, 0) is 13.0 Å². The van der Waals surface area contributed by atoms with Gasteiger partial charge in [-0.25, -0.2) is 13.6 Å². The molecule has 0 atom stereocenters. The molecule has 0 saturated heterocycles. The number of hydrogen-bond acceptors (Lipinski definition) is 4. The minimum absolute atomic E-state index is 0.150. The van der Waals surface area contributed by atoms with Gasteiger partial charge in [-0.05, 0) is 12.5 Å². The highest BCUT2D eigenvalue weighted by Crippen LogP contribution is 2.29. The van der Waals surface area contributed by atoms with Crippen molar-refractivity contribution in [1.82, 2.24) is 9.55 Å². The van der Waals surface area contributed by atoms with Crippen molar-refractivity contribution < 1.29 is 28.2 Å². The summed E-state index contributed by atoms with van der Waals surface area (Å²) in [7, 11) is 0. The van der Waals surface area contributed by atoms with E-state index in [2.05, 4.69) is 4.98 Å². The summed E-state index contributed by atoms with van der Waals surface area (Å²) in [6.45, 7) is 0.439. The molecular formula is C20H18F2N2O5. The van der Waals surface area contributed by atoms with Gasteiger partial charge in [0.05, 0.1) is 12.1 Å². The molecule has 0 fully saturated rings. The molecule has 152 valence electrons. The Balaban J connectivity index is 2.16. The Morgan fingerprint density at radius 1 is 1.24 bits per heavy atom. The summed E-state index contributed by atoms with van der Waals surface area (Å²) in [4.78, 5) is 39.7. The van der Waals surface area contributed by atoms with E-state index in [0.717, 1.165) is 0 Å². The van der Waals surface area contributed by atoms with Gasteiger partial charge in [0.2, 0.25) is 0 Å². The number of halogens is 2. The van der Waals surface area contributed by atoms with Crippen LogP contribution in [-0.4, -0.2) is 39.4 Å². The van der Waals surface area contributed by atoms with Crippen molar-refractivity contribution in [3.63, 3.8) is 0 Å². The van der Waals surface area contributed by atoms with Crippen LogP contribution in [0.25, 0.3) is 10.9 Å². The van der Waals surface area contributed by atoms with Gasteiger partial charge < -0.3 is 19.4 Å². The Bertz CT molecular complexity index is 1120. The number of nitrogens with one attached hydrogen (secondary N) is 1. The summed E-state index contributed by atoms with van der Waals surface area (Å²) < 4.78 is 31.4. The van der Waals surface area contributed by atoms with Crippen molar-refractivity contribution in [2.24, 2.45) is 0 Å². The fraction of sp³-hybridized carbons (Fsp3) is 0.250. The summed E-state index contributed by atoms with van der Waals surface area (Å²) in [5, 5.41) is 9.17. The number of fused-ring (bicyclic) bond motifs is 1. The average molecular weight is 404 g/mol. The van der Waals surface area contributed by atoms with Crippen LogP contribution in [0.15, 0.2) is 41.2 Å². The molecule has 3 rings (SSSR count). The van der Waals surface area contributed by atoms with Gasteiger partial charge in [0.25, 0.3) is 12.0 Å². The number of carbonyl (C=O) groups is 2. The number of aromatic amines is 1. The largest absolute Gasteiger partial charge is 0.484 e. The first-order valence-electron chi connectivity index (χ1n) is 8.84. The van der Waals surface area contributed by atoms with Gasteiger partial charge in [0.1, 0.15) is 12.0 Å². The van der Waals surface area contributed by atoms with Gasteiger partial charge in [-0.2, -0.15) is 0 Å². The molecule has 0 saturated carbocycles. The SMILES string of the molecule is CCc1cc2[nH]c(C(=O)O)c(OCC(F)F)c2c(=O)n1CC(=O)c1ccccc1. The molecule has 9 heteroatoms. The van der Waals surface area contributed by atoms with Crippen LogP contribution < -0.4 is 10.3 Å². The number of carbonyl (C=O) groups excluding carboxylic acids is 1. The maximum absolute atomic E-state index is 13.1. The number of ketones is 1. The van der Waals surface area contributed by atoms with E-state index in [1.807, 2.05) is 0 Å². The van der Waals surface area contributed by atoms with Gasteiger partial charge in [0, 0.05) is 11.3 Å². The lowest BCUT2D eigenvalue weighted by atomic mass is 10.1. The van der Waals surface area contributed by atoms with Crippen LogP contribution in [0.2, 0.25) is 0 Å². The molecule has 0 amide bonds. The highest BCUT2D eigenvalue weighted by atomic mass is 19.3. The maximum atomic E-state index is 13.1. The highest BCUT2D eigenvalue weighted by molar-refractivity contribution is 6.00. The van der Waals surface area contributed by atoms with Crippen molar-refractivity contribution in [3.05, 3.63) is 63.7 Å². The lowest BCUT2D eigenvalue weighted by Crippen LogP contribution is -2.27. The van der Waals surface area contributed by atoms with Crippen molar-refractivity contribution in [1.29, 1.82) is 0 Å². The Morgan fingerprint density at radius 2 is 1.93 bits per heavy atom. The number of aromatic nitrogens is 2. The Kier molecular flexibility index (Phi) is 5.76. The van der Waals surface area contributed by atoms with Gasteiger partial charge >= 0.3 is 5.97 Å². The molecule has 0 aliphatic carbocycles. The monoisotopic (exact) mass is 404 g/mol. The Labute approximate surface area is 163 Å². The summed E-state index contributed by atoms with van der Waals surface area (Å²) in [5.74, 6) is -2.22. The van der Waals surface area contributed by atoms with Crippen LogP contribution in [0.1, 0.15) is 33.5 Å². The van der Waals surface area contributed by atoms with Crippen molar-refractivity contribution in [2.45, 2.75) is 26.3 Å². The second-order valence-electron chi connectivity index (χ2n) is 6.29. The molecule has 3 aromatic rings. The van der Waals surface area contributed by atoms with E-state index in [1.165, 1.54) is 10.6 Å². The first kappa shape index (κ1) is 20.2. The van der Waals surface area contributed by atoms with Gasteiger partial charge in [-0.1, -0.05) is 37.3 Å². The normalized spacial score (nSPS) is 11.2. The predicted molar refractivity (Wildman–Crippen MR) is 101 cm³/mol. The number of Topliss-reactive ketones (excluding diaryl/α,β-unsaturated/α-hetero) is 1. The molecule has 2 N–H and O–H groups in total. The molecule has 0 aliphatic heterocycles. The first-order chi connectivity index (χ1) is 13.8. The molecule has 7 nitrogen and oxygen atoms in total. The zero-order valence-corrected chi connectivity index (χ0v) is 15.4. The molecule has 0 aliphatic rings. The molecular weight excluding hydrogens is 386 g/mol. The molecule has 0 spiro atoms. The highest BCUT2D eigenvalue weighted by Gasteiger charge is 2.24. The second-order valence-corrected chi connectivity index (χ2v) is 6.29. The number of nitrogens with zero attached hydrogens (tertiary/aromatic N) is 1. The van der Waals surface area contributed by atoms with E-state index < -0.39 is 36.0 Å². The minimum atomic E-state index is -2.85. The summed E-state index contributed by atoms with van der Waals surface area (Å²) in [5.41, 5.74) is -0.123. The fourth-order valence-corrected chi connectivity index (χ4v) is 3.10. The van der Waals surface area contributed by atoms with Crippen molar-refractivity contribution in [2.75, 3.05) is 6.61 Å². The average Bonchev–Trinajstić information content (AvgIpc) is 3.07. The summed E-state index contributed by atoms with van der Waals surface area (Å²) in [6.07, 6.45) is -2.46. The topological polar surface area (TPSA) is 101 Å². The number of H-pyrrole nitrogens is 1. The van der Waals surface area contributed by atoms with E-state index in [1.54, 1.807) is 37.3 Å². The number of carboxylic acids is 1. The third kappa shape index (κ3) is 4.03. The number of benzene rings is 1. The zero-order chi connectivity index (χ0) is 21.1. The lowest BCUT2D eigenvalue weighted by molar-refractivity contribution is 0.0660. The molecule has 0 bridgehead atoms. The summed E-state index contributed by atoms with van der Waals surface area (Å²) >= 11 is 0. The number of ether oxygens (including phenoxy) is 1. The van der Waals surface area contributed by atoms with Gasteiger partial charge in [-0.3, -0.25) is 9.59 Å². The number of aromatic carboxylic acids is 1. The number of hydrogen-bond donors (Lipinski definition) is 2. The number of carboxylic acid groups (broad SMARTS) is 1. The number of pyridine rings is 1. The molecule has 1 aromatic carbocycles. The van der Waals surface area contributed by atoms with Gasteiger partial charge in [0.15, 0.2) is 17.2 Å². The first-order valence-corrected chi connectivity index (χ1v) is 8.84. The fourth-order valence-electron chi connectivity index (χ4n) is 3.10. The van der Waals surface area contributed by atoms with E-state index in [4.69, 9.17) is 4.74 Å². The third-order valence-electron chi connectivity index (χ3n) is 4.43. The predicted octanol–water partition coefficient (Wildman–Crippen LogP) is 3.12. The Morgan fingerprint density at radius 3 is 2.52 bits per heavy atom. The number of rotatable bonds is 8. The minimum Gasteiger partial charge on any atom is -0.484 e. The lowest BCUT2D eigenvalue weighted by Gasteiger charge is -2.12. The van der Waals surface area contributed by atoms with Crippen molar-refractivity contribution in [3.8, 4) is 5.75 Å². The van der Waals surface area contributed by atoms with E-state index in [9.17, 15) is 28.3 Å². The van der Waals surface area contributed by atoms with Crippen LogP contribution in [0, 0.1) is 0 Å². The zero-order valence-electron chi connectivity index (χ0n) is 15.4. The molecule has 0 radical (unpaired) electrons. The quantitative estimate of drug-likeness (QED) is 0.562. The molecule has 29 heavy (non-hydrogen) atoms. The van der Waals surface area contributed by atoms with Crippen LogP contribution >= 0.6 is 0 Å². The number of alkyl halides is 2.